The number of guanidine groups is 1. The Bertz CT molecular complexity index is 626. The van der Waals surface area contributed by atoms with Crippen LogP contribution in [0.5, 0.6) is 5.75 Å². The van der Waals surface area contributed by atoms with Crippen molar-refractivity contribution >= 4 is 5.96 Å². The Labute approximate surface area is 138 Å². The van der Waals surface area contributed by atoms with Crippen molar-refractivity contribution in [1.82, 2.24) is 5.32 Å². The summed E-state index contributed by atoms with van der Waals surface area (Å²) in [4.78, 5) is 4.38. The van der Waals surface area contributed by atoms with E-state index in [1.165, 1.54) is 5.56 Å². The van der Waals surface area contributed by atoms with E-state index in [1.807, 2.05) is 30.3 Å². The van der Waals surface area contributed by atoms with Crippen LogP contribution < -0.4 is 15.8 Å². The maximum Gasteiger partial charge on any atom is 0.188 e. The van der Waals surface area contributed by atoms with Crippen molar-refractivity contribution in [2.75, 3.05) is 13.7 Å². The van der Waals surface area contributed by atoms with E-state index in [1.54, 1.807) is 7.11 Å². The van der Waals surface area contributed by atoms with Gasteiger partial charge in [0.1, 0.15) is 5.75 Å². The van der Waals surface area contributed by atoms with Gasteiger partial charge in [0, 0.05) is 12.1 Å². The highest BCUT2D eigenvalue weighted by Crippen LogP contribution is 2.18. The first-order valence-electron chi connectivity index (χ1n) is 7.91. The van der Waals surface area contributed by atoms with Crippen LogP contribution in [0.15, 0.2) is 59.6 Å². The molecule has 0 aliphatic rings. The number of benzene rings is 2. The van der Waals surface area contributed by atoms with E-state index in [-0.39, 0.29) is 0 Å². The van der Waals surface area contributed by atoms with Gasteiger partial charge in [-0.1, -0.05) is 55.5 Å². The van der Waals surface area contributed by atoms with Gasteiger partial charge in [-0.15, -0.1) is 0 Å². The number of nitrogens with one attached hydrogen (secondary N) is 1. The van der Waals surface area contributed by atoms with E-state index in [0.29, 0.717) is 18.4 Å². The third-order valence-electron chi connectivity index (χ3n) is 3.86. The summed E-state index contributed by atoms with van der Waals surface area (Å²) < 4.78 is 5.31. The number of ether oxygens (including phenoxy) is 1. The Kier molecular flexibility index (Phi) is 6.48. The van der Waals surface area contributed by atoms with Gasteiger partial charge in [0.2, 0.25) is 0 Å². The van der Waals surface area contributed by atoms with Crippen molar-refractivity contribution in [2.45, 2.75) is 25.8 Å². The molecule has 0 spiro atoms. The molecular formula is C19H25N3O. The van der Waals surface area contributed by atoms with Gasteiger partial charge in [-0.3, -0.25) is 0 Å². The van der Waals surface area contributed by atoms with Crippen LogP contribution in [0.1, 0.15) is 30.4 Å². The molecule has 4 heteroatoms. The van der Waals surface area contributed by atoms with E-state index in [2.05, 4.69) is 41.5 Å². The highest BCUT2D eigenvalue weighted by molar-refractivity contribution is 5.77. The van der Waals surface area contributed by atoms with Crippen molar-refractivity contribution < 1.29 is 4.74 Å². The summed E-state index contributed by atoms with van der Waals surface area (Å²) in [5, 5.41) is 3.18. The molecule has 0 aliphatic heterocycles. The summed E-state index contributed by atoms with van der Waals surface area (Å²) in [6.45, 7) is 3.54. The predicted molar refractivity (Wildman–Crippen MR) is 95.8 cm³/mol. The van der Waals surface area contributed by atoms with Gasteiger partial charge >= 0.3 is 0 Å². The van der Waals surface area contributed by atoms with Gasteiger partial charge in [-0.25, -0.2) is 4.99 Å². The number of methoxy groups -OCH3 is 1. The quantitative estimate of drug-likeness (QED) is 0.609. The summed E-state index contributed by atoms with van der Waals surface area (Å²) in [5.41, 5.74) is 8.31. The zero-order chi connectivity index (χ0) is 16.5. The monoisotopic (exact) mass is 311 g/mol. The number of hydrogen-bond acceptors (Lipinski definition) is 2. The van der Waals surface area contributed by atoms with E-state index in [0.717, 1.165) is 24.3 Å². The second-order valence-corrected chi connectivity index (χ2v) is 5.54. The second kappa shape index (κ2) is 8.83. The number of rotatable bonds is 7. The molecule has 0 fully saturated rings. The SMILES string of the molecule is COc1ccccc1CN=C(N)NCCC(C)c1ccccc1. The molecule has 0 saturated carbocycles. The lowest BCUT2D eigenvalue weighted by Crippen LogP contribution is -2.32. The molecule has 2 aromatic carbocycles. The Balaban J connectivity index is 1.79. The third kappa shape index (κ3) is 5.33. The van der Waals surface area contributed by atoms with Crippen LogP contribution in [0, 0.1) is 0 Å². The van der Waals surface area contributed by atoms with Gasteiger partial charge in [0.05, 0.1) is 13.7 Å². The molecule has 3 N–H and O–H groups in total. The zero-order valence-electron chi connectivity index (χ0n) is 13.8. The molecule has 0 amide bonds. The summed E-state index contributed by atoms with van der Waals surface area (Å²) in [6.07, 6.45) is 1.01. The maximum absolute atomic E-state index is 5.94. The minimum Gasteiger partial charge on any atom is -0.496 e. The first-order chi connectivity index (χ1) is 11.2. The average Bonchev–Trinajstić information content (AvgIpc) is 2.60. The highest BCUT2D eigenvalue weighted by atomic mass is 16.5. The van der Waals surface area contributed by atoms with Gasteiger partial charge in [0.25, 0.3) is 0 Å². The lowest BCUT2D eigenvalue weighted by atomic mass is 9.98. The van der Waals surface area contributed by atoms with Crippen molar-refractivity contribution in [1.29, 1.82) is 0 Å². The van der Waals surface area contributed by atoms with Crippen LogP contribution in [-0.2, 0) is 6.54 Å². The molecule has 1 atom stereocenters. The first kappa shape index (κ1) is 16.9. The summed E-state index contributed by atoms with van der Waals surface area (Å²) in [7, 11) is 1.66. The number of para-hydroxylation sites is 1. The second-order valence-electron chi connectivity index (χ2n) is 5.54. The highest BCUT2D eigenvalue weighted by Gasteiger charge is 2.05. The summed E-state index contributed by atoms with van der Waals surface area (Å²) in [6, 6.07) is 18.3. The van der Waals surface area contributed by atoms with Gasteiger partial charge < -0.3 is 15.8 Å². The van der Waals surface area contributed by atoms with Gasteiger partial charge in [-0.05, 0) is 24.0 Å². The largest absolute Gasteiger partial charge is 0.496 e. The Morgan fingerprint density at radius 2 is 1.83 bits per heavy atom. The standard InChI is InChI=1S/C19H25N3O/c1-15(16-8-4-3-5-9-16)12-13-21-19(20)22-14-17-10-6-7-11-18(17)23-2/h3-11,15H,12-14H2,1-2H3,(H3,20,21,22). The fourth-order valence-electron chi connectivity index (χ4n) is 2.42. The molecule has 0 radical (unpaired) electrons. The van der Waals surface area contributed by atoms with Crippen molar-refractivity contribution in [3.8, 4) is 5.75 Å². The van der Waals surface area contributed by atoms with E-state index in [4.69, 9.17) is 10.5 Å². The van der Waals surface area contributed by atoms with Crippen LogP contribution in [0.4, 0.5) is 0 Å². The average molecular weight is 311 g/mol. The lowest BCUT2D eigenvalue weighted by molar-refractivity contribution is 0.410. The van der Waals surface area contributed by atoms with Crippen molar-refractivity contribution in [2.24, 2.45) is 10.7 Å². The predicted octanol–water partition coefficient (Wildman–Crippen LogP) is 3.29. The number of hydrogen-bond donors (Lipinski definition) is 2. The smallest absolute Gasteiger partial charge is 0.188 e. The minimum atomic E-state index is 0.469. The number of nitrogens with two attached hydrogens (primary N) is 1. The van der Waals surface area contributed by atoms with Gasteiger partial charge in [-0.2, -0.15) is 0 Å². The van der Waals surface area contributed by atoms with Crippen LogP contribution in [0.2, 0.25) is 0 Å². The molecule has 122 valence electrons. The molecule has 2 aromatic rings. The Morgan fingerprint density at radius 1 is 1.13 bits per heavy atom. The fourth-order valence-corrected chi connectivity index (χ4v) is 2.42. The molecule has 23 heavy (non-hydrogen) atoms. The van der Waals surface area contributed by atoms with E-state index < -0.39 is 0 Å². The number of aliphatic imine (C=N–C) groups is 1. The minimum absolute atomic E-state index is 0.469. The normalized spacial score (nSPS) is 12.7. The fraction of sp³-hybridized carbons (Fsp3) is 0.316. The molecule has 0 bridgehead atoms. The van der Waals surface area contributed by atoms with E-state index in [9.17, 15) is 0 Å². The molecule has 2 rings (SSSR count). The number of nitrogens with zero attached hydrogens (tertiary/aromatic N) is 1. The van der Waals surface area contributed by atoms with Crippen LogP contribution in [0.3, 0.4) is 0 Å². The van der Waals surface area contributed by atoms with Crippen LogP contribution >= 0.6 is 0 Å². The molecule has 1 unspecified atom stereocenters. The lowest BCUT2D eigenvalue weighted by Gasteiger charge is -2.13. The molecular weight excluding hydrogens is 286 g/mol. The van der Waals surface area contributed by atoms with Crippen molar-refractivity contribution in [3.63, 3.8) is 0 Å². The molecule has 4 nitrogen and oxygen atoms in total. The molecule has 0 aliphatic carbocycles. The van der Waals surface area contributed by atoms with Crippen LogP contribution in [-0.4, -0.2) is 19.6 Å². The van der Waals surface area contributed by atoms with Gasteiger partial charge in [0.15, 0.2) is 5.96 Å². The zero-order valence-corrected chi connectivity index (χ0v) is 13.8. The topological polar surface area (TPSA) is 59.6 Å². The third-order valence-corrected chi connectivity index (χ3v) is 3.86. The van der Waals surface area contributed by atoms with Crippen LogP contribution in [0.25, 0.3) is 0 Å². The summed E-state index contributed by atoms with van der Waals surface area (Å²) in [5.74, 6) is 1.80. The Hall–Kier alpha value is -2.49. The molecule has 0 heterocycles. The molecule has 0 saturated heterocycles. The van der Waals surface area contributed by atoms with E-state index >= 15 is 0 Å². The molecule has 0 aromatic heterocycles. The maximum atomic E-state index is 5.94. The Morgan fingerprint density at radius 3 is 2.57 bits per heavy atom. The first-order valence-corrected chi connectivity index (χ1v) is 7.91. The summed E-state index contributed by atoms with van der Waals surface area (Å²) >= 11 is 0. The van der Waals surface area contributed by atoms with Crippen molar-refractivity contribution in [3.05, 3.63) is 65.7 Å².